The third-order valence-electron chi connectivity index (χ3n) is 1.29. The third-order valence-corrected chi connectivity index (χ3v) is 1.88. The SMILES string of the molecule is CC#CSNC(=O)NC(=NC(=O)N(C)C)OC. The molecule has 0 rings (SSSR count). The third kappa shape index (κ3) is 7.08. The van der Waals surface area contributed by atoms with Crippen LogP contribution in [0.1, 0.15) is 6.92 Å². The first kappa shape index (κ1) is 15.1. The summed E-state index contributed by atoms with van der Waals surface area (Å²) in [5.74, 6) is 2.59. The molecule has 0 fully saturated rings. The van der Waals surface area contributed by atoms with Crippen molar-refractivity contribution in [1.82, 2.24) is 14.9 Å². The van der Waals surface area contributed by atoms with Crippen molar-refractivity contribution < 1.29 is 14.3 Å². The van der Waals surface area contributed by atoms with E-state index >= 15 is 0 Å². The summed E-state index contributed by atoms with van der Waals surface area (Å²) in [6.07, 6.45) is 0. The number of amidine groups is 1. The molecule has 0 atom stereocenters. The van der Waals surface area contributed by atoms with Crippen molar-refractivity contribution in [3.63, 3.8) is 0 Å². The van der Waals surface area contributed by atoms with Gasteiger partial charge in [-0.15, -0.1) is 4.99 Å². The minimum Gasteiger partial charge on any atom is -0.468 e. The molecule has 0 heterocycles. The molecule has 0 saturated heterocycles. The maximum Gasteiger partial charge on any atom is 0.347 e. The average Bonchev–Trinajstić information content (AvgIpc) is 2.28. The van der Waals surface area contributed by atoms with Crippen LogP contribution in [0, 0.1) is 11.2 Å². The summed E-state index contributed by atoms with van der Waals surface area (Å²) < 4.78 is 7.09. The van der Waals surface area contributed by atoms with E-state index in [1.807, 2.05) is 0 Å². The monoisotopic (exact) mass is 258 g/mol. The second kappa shape index (κ2) is 8.29. The van der Waals surface area contributed by atoms with E-state index in [-0.39, 0.29) is 6.02 Å². The highest BCUT2D eigenvalue weighted by Gasteiger charge is 2.09. The molecule has 2 N–H and O–H groups in total. The Bertz CT molecular complexity index is 370. The van der Waals surface area contributed by atoms with Crippen LogP contribution in [0.15, 0.2) is 4.99 Å². The van der Waals surface area contributed by atoms with E-state index in [9.17, 15) is 9.59 Å². The fraction of sp³-hybridized carbons (Fsp3) is 0.444. The van der Waals surface area contributed by atoms with Gasteiger partial charge in [-0.25, -0.2) is 9.59 Å². The van der Waals surface area contributed by atoms with E-state index in [0.29, 0.717) is 0 Å². The summed E-state index contributed by atoms with van der Waals surface area (Å²) in [5, 5.41) is 4.82. The number of aliphatic imine (C=N–C) groups is 1. The first-order valence-electron chi connectivity index (χ1n) is 4.49. The second-order valence-corrected chi connectivity index (χ2v) is 3.42. The van der Waals surface area contributed by atoms with Crippen molar-refractivity contribution in [2.24, 2.45) is 4.99 Å². The van der Waals surface area contributed by atoms with Crippen LogP contribution in [0.25, 0.3) is 0 Å². The van der Waals surface area contributed by atoms with Crippen LogP contribution in [0.2, 0.25) is 0 Å². The van der Waals surface area contributed by atoms with Gasteiger partial charge < -0.3 is 9.64 Å². The number of hydrogen-bond acceptors (Lipinski definition) is 4. The highest BCUT2D eigenvalue weighted by molar-refractivity contribution is 8.02. The Balaban J connectivity index is 4.33. The Morgan fingerprint density at radius 3 is 2.53 bits per heavy atom. The van der Waals surface area contributed by atoms with Crippen LogP contribution < -0.4 is 10.0 Å². The molecule has 0 spiro atoms. The van der Waals surface area contributed by atoms with E-state index in [2.05, 4.69) is 26.2 Å². The quantitative estimate of drug-likeness (QED) is 0.312. The number of rotatable bonds is 1. The summed E-state index contributed by atoms with van der Waals surface area (Å²) in [6.45, 7) is 1.64. The van der Waals surface area contributed by atoms with Gasteiger partial charge in [0.25, 0.3) is 0 Å². The van der Waals surface area contributed by atoms with E-state index in [1.165, 1.54) is 26.1 Å². The normalized spacial score (nSPS) is 9.76. The van der Waals surface area contributed by atoms with Crippen LogP contribution in [0.5, 0.6) is 0 Å². The molecule has 0 aromatic rings. The first-order valence-corrected chi connectivity index (χ1v) is 5.31. The average molecular weight is 258 g/mol. The molecule has 0 aliphatic rings. The van der Waals surface area contributed by atoms with Crippen LogP contribution >= 0.6 is 11.9 Å². The number of methoxy groups -OCH3 is 1. The predicted octanol–water partition coefficient (Wildman–Crippen LogP) is 0.599. The zero-order chi connectivity index (χ0) is 13.3. The number of amides is 4. The van der Waals surface area contributed by atoms with Crippen LogP contribution in [0.4, 0.5) is 9.59 Å². The fourth-order valence-electron chi connectivity index (χ4n) is 0.557. The number of urea groups is 2. The molecule has 4 amide bonds. The largest absolute Gasteiger partial charge is 0.468 e. The van der Waals surface area contributed by atoms with E-state index in [1.54, 1.807) is 6.92 Å². The van der Waals surface area contributed by atoms with Crippen LogP contribution in [-0.4, -0.2) is 44.2 Å². The Morgan fingerprint density at radius 2 is 2.06 bits per heavy atom. The van der Waals surface area contributed by atoms with Crippen molar-refractivity contribution in [2.45, 2.75) is 6.92 Å². The summed E-state index contributed by atoms with van der Waals surface area (Å²) in [7, 11) is 4.36. The summed E-state index contributed by atoms with van der Waals surface area (Å²) in [4.78, 5) is 27.2. The molecule has 0 unspecified atom stereocenters. The van der Waals surface area contributed by atoms with Crippen LogP contribution in [0.3, 0.4) is 0 Å². The minimum absolute atomic E-state index is 0.189. The van der Waals surface area contributed by atoms with Gasteiger partial charge in [-0.1, -0.05) is 5.92 Å². The molecule has 7 nitrogen and oxygen atoms in total. The van der Waals surface area contributed by atoms with Crippen molar-refractivity contribution in [2.75, 3.05) is 21.2 Å². The smallest absolute Gasteiger partial charge is 0.347 e. The highest BCUT2D eigenvalue weighted by atomic mass is 32.2. The number of carbonyl (C=O) groups is 2. The molecule has 0 aliphatic carbocycles. The topological polar surface area (TPSA) is 83.0 Å². The highest BCUT2D eigenvalue weighted by Crippen LogP contribution is 1.89. The Labute approximate surface area is 104 Å². The Morgan fingerprint density at radius 1 is 1.41 bits per heavy atom. The fourth-order valence-corrected chi connectivity index (χ4v) is 0.854. The maximum absolute atomic E-state index is 11.2. The molecular formula is C9H14N4O3S. The van der Waals surface area contributed by atoms with E-state index in [0.717, 1.165) is 11.9 Å². The van der Waals surface area contributed by atoms with Gasteiger partial charge in [0.15, 0.2) is 0 Å². The number of carbonyl (C=O) groups excluding carboxylic acids is 2. The molecule has 0 aliphatic heterocycles. The number of nitrogens with zero attached hydrogens (tertiary/aromatic N) is 2. The molecule has 0 aromatic heterocycles. The number of nitrogens with one attached hydrogen (secondary N) is 2. The molecule has 94 valence electrons. The summed E-state index contributed by atoms with van der Waals surface area (Å²) in [6, 6.07) is -1.31. The molecule has 17 heavy (non-hydrogen) atoms. The Kier molecular flexibility index (Phi) is 7.38. The first-order chi connectivity index (χ1) is 8.01. The van der Waals surface area contributed by atoms with Gasteiger partial charge >= 0.3 is 18.1 Å². The van der Waals surface area contributed by atoms with E-state index < -0.39 is 12.1 Å². The minimum atomic E-state index is -0.579. The van der Waals surface area contributed by atoms with Crippen molar-refractivity contribution in [3.8, 4) is 11.2 Å². The van der Waals surface area contributed by atoms with Gasteiger partial charge in [0.05, 0.1) is 7.11 Å². The number of hydrogen-bond donors (Lipinski definition) is 2. The van der Waals surface area contributed by atoms with Crippen molar-refractivity contribution in [1.29, 1.82) is 0 Å². The van der Waals surface area contributed by atoms with Crippen molar-refractivity contribution >= 4 is 30.0 Å². The lowest BCUT2D eigenvalue weighted by atomic mass is 10.8. The zero-order valence-electron chi connectivity index (χ0n) is 10.0. The lowest BCUT2D eigenvalue weighted by Crippen LogP contribution is -2.38. The lowest BCUT2D eigenvalue weighted by Gasteiger charge is -2.09. The van der Waals surface area contributed by atoms with Crippen LogP contribution in [-0.2, 0) is 4.74 Å². The zero-order valence-corrected chi connectivity index (χ0v) is 10.8. The molecule has 8 heteroatoms. The van der Waals surface area contributed by atoms with Gasteiger partial charge in [-0.3, -0.25) is 10.0 Å². The molecule has 0 saturated carbocycles. The van der Waals surface area contributed by atoms with Gasteiger partial charge in [-0.05, 0) is 12.2 Å². The molecular weight excluding hydrogens is 244 g/mol. The van der Waals surface area contributed by atoms with E-state index in [4.69, 9.17) is 4.74 Å². The standard InChI is InChI=1S/C9H14N4O3S/c1-5-6-17-12-7(14)10-8(16-4)11-9(15)13(2)3/h1-4H3,(H2,10,11,12,14,15). The lowest BCUT2D eigenvalue weighted by molar-refractivity contribution is 0.226. The second-order valence-electron chi connectivity index (χ2n) is 2.81. The van der Waals surface area contributed by atoms with Gasteiger partial charge in [-0.2, -0.15) is 0 Å². The summed E-state index contributed by atoms with van der Waals surface area (Å²) >= 11 is 0.910. The van der Waals surface area contributed by atoms with Crippen molar-refractivity contribution in [3.05, 3.63) is 0 Å². The molecule has 0 radical (unpaired) electrons. The van der Waals surface area contributed by atoms with Gasteiger partial charge in [0.2, 0.25) is 0 Å². The molecule has 0 aromatic carbocycles. The number of ether oxygens (including phenoxy) is 1. The predicted molar refractivity (Wildman–Crippen MR) is 66.2 cm³/mol. The summed E-state index contributed by atoms with van der Waals surface area (Å²) in [5.41, 5.74) is 0. The molecule has 0 bridgehead atoms. The Hall–Kier alpha value is -1.88. The van der Waals surface area contributed by atoms with Gasteiger partial charge in [0.1, 0.15) is 0 Å². The van der Waals surface area contributed by atoms with Gasteiger partial charge in [0, 0.05) is 26.0 Å². The maximum atomic E-state index is 11.2.